The van der Waals surface area contributed by atoms with Gasteiger partial charge in [-0.05, 0) is 48.1 Å². The van der Waals surface area contributed by atoms with E-state index in [1.165, 1.54) is 12.3 Å². The topological polar surface area (TPSA) is 50.2 Å². The average molecular weight is 289 g/mol. The van der Waals surface area contributed by atoms with E-state index in [-0.39, 0.29) is 10.9 Å². The van der Waals surface area contributed by atoms with Gasteiger partial charge in [0.05, 0.1) is 5.92 Å². The first-order chi connectivity index (χ1) is 9.62. The highest BCUT2D eigenvalue weighted by molar-refractivity contribution is 5.90. The van der Waals surface area contributed by atoms with Crippen molar-refractivity contribution in [2.45, 2.75) is 46.0 Å². The van der Waals surface area contributed by atoms with Crippen molar-refractivity contribution in [1.82, 2.24) is 4.98 Å². The summed E-state index contributed by atoms with van der Waals surface area (Å²) in [5.41, 5.74) is 2.25. The molecule has 0 aliphatic carbocycles. The molecule has 0 fully saturated rings. The second-order valence-electron chi connectivity index (χ2n) is 6.52. The van der Waals surface area contributed by atoms with Crippen molar-refractivity contribution in [3.8, 4) is 0 Å². The molecule has 0 radical (unpaired) electrons. The molecule has 0 saturated heterocycles. The minimum Gasteiger partial charge on any atom is -0.481 e. The highest BCUT2D eigenvalue weighted by atomic mass is 19.1. The van der Waals surface area contributed by atoms with Gasteiger partial charge in [0.2, 0.25) is 0 Å². The van der Waals surface area contributed by atoms with E-state index in [0.717, 1.165) is 11.1 Å². The van der Waals surface area contributed by atoms with Crippen LogP contribution in [0.3, 0.4) is 0 Å². The average Bonchev–Trinajstić information content (AvgIpc) is 2.36. The lowest BCUT2D eigenvalue weighted by atomic mass is 9.84. The standard InChI is InChI=1S/C17H20FNO2/c1-9-8-19-15-12(14(9)10(2)16(20)21)6-11(7-13(15)18)17(3,4)5/h6-8,10H,1-5H3,(H,20,21). The maximum atomic E-state index is 14.3. The van der Waals surface area contributed by atoms with Gasteiger partial charge in [-0.3, -0.25) is 9.78 Å². The fraction of sp³-hybridized carbons (Fsp3) is 0.412. The van der Waals surface area contributed by atoms with Gasteiger partial charge in [0.25, 0.3) is 0 Å². The van der Waals surface area contributed by atoms with Gasteiger partial charge in [-0.25, -0.2) is 4.39 Å². The molecule has 0 saturated carbocycles. The van der Waals surface area contributed by atoms with Crippen molar-refractivity contribution in [2.75, 3.05) is 0 Å². The number of hydrogen-bond acceptors (Lipinski definition) is 2. The Kier molecular flexibility index (Phi) is 3.74. The predicted octanol–water partition coefficient (Wildman–Crippen LogP) is 4.17. The Balaban J connectivity index is 2.87. The molecule has 1 atom stereocenters. The molecule has 0 spiro atoms. The molecule has 112 valence electrons. The Morgan fingerprint density at radius 2 is 1.95 bits per heavy atom. The molecule has 2 rings (SSSR count). The number of hydrogen-bond donors (Lipinski definition) is 1. The van der Waals surface area contributed by atoms with Crippen molar-refractivity contribution in [3.63, 3.8) is 0 Å². The van der Waals surface area contributed by atoms with E-state index in [2.05, 4.69) is 4.98 Å². The summed E-state index contributed by atoms with van der Waals surface area (Å²) in [6.07, 6.45) is 1.54. The van der Waals surface area contributed by atoms with E-state index in [4.69, 9.17) is 0 Å². The van der Waals surface area contributed by atoms with Crippen LogP contribution in [0.4, 0.5) is 4.39 Å². The van der Waals surface area contributed by atoms with Gasteiger partial charge in [0.15, 0.2) is 0 Å². The van der Waals surface area contributed by atoms with E-state index in [1.54, 1.807) is 6.92 Å². The maximum absolute atomic E-state index is 14.3. The SMILES string of the molecule is Cc1cnc2c(F)cc(C(C)(C)C)cc2c1C(C)C(=O)O. The summed E-state index contributed by atoms with van der Waals surface area (Å²) in [6.45, 7) is 9.42. The number of benzene rings is 1. The van der Waals surface area contributed by atoms with Crippen LogP contribution in [0.1, 0.15) is 50.3 Å². The van der Waals surface area contributed by atoms with Crippen LogP contribution < -0.4 is 0 Å². The number of carboxylic acid groups (broad SMARTS) is 1. The zero-order valence-electron chi connectivity index (χ0n) is 13.0. The van der Waals surface area contributed by atoms with E-state index < -0.39 is 17.7 Å². The molecule has 3 nitrogen and oxygen atoms in total. The van der Waals surface area contributed by atoms with Gasteiger partial charge >= 0.3 is 5.97 Å². The summed E-state index contributed by atoms with van der Waals surface area (Å²) >= 11 is 0. The van der Waals surface area contributed by atoms with Crippen molar-refractivity contribution in [1.29, 1.82) is 0 Å². The fourth-order valence-electron chi connectivity index (χ4n) is 2.51. The number of aryl methyl sites for hydroxylation is 1. The fourth-order valence-corrected chi connectivity index (χ4v) is 2.51. The van der Waals surface area contributed by atoms with Gasteiger partial charge in [0, 0.05) is 11.6 Å². The van der Waals surface area contributed by atoms with Gasteiger partial charge < -0.3 is 5.11 Å². The third-order valence-corrected chi connectivity index (χ3v) is 3.84. The monoisotopic (exact) mass is 289 g/mol. The largest absolute Gasteiger partial charge is 0.481 e. The molecule has 0 aliphatic heterocycles. The summed E-state index contributed by atoms with van der Waals surface area (Å²) < 4.78 is 14.3. The first-order valence-corrected chi connectivity index (χ1v) is 6.95. The second-order valence-corrected chi connectivity index (χ2v) is 6.52. The molecular weight excluding hydrogens is 269 g/mol. The van der Waals surface area contributed by atoms with Gasteiger partial charge in [-0.1, -0.05) is 20.8 Å². The Morgan fingerprint density at radius 1 is 1.33 bits per heavy atom. The number of nitrogens with zero attached hydrogens (tertiary/aromatic N) is 1. The molecule has 1 heterocycles. The van der Waals surface area contributed by atoms with Crippen molar-refractivity contribution in [2.24, 2.45) is 0 Å². The van der Waals surface area contributed by atoms with E-state index >= 15 is 0 Å². The summed E-state index contributed by atoms with van der Waals surface area (Å²) in [6, 6.07) is 3.35. The van der Waals surface area contributed by atoms with Crippen molar-refractivity contribution >= 4 is 16.9 Å². The van der Waals surface area contributed by atoms with Crippen LogP contribution in [0, 0.1) is 12.7 Å². The molecular formula is C17H20FNO2. The summed E-state index contributed by atoms with van der Waals surface area (Å²) in [5, 5.41) is 9.90. The van der Waals surface area contributed by atoms with Gasteiger partial charge in [-0.2, -0.15) is 0 Å². The third-order valence-electron chi connectivity index (χ3n) is 3.84. The van der Waals surface area contributed by atoms with Crippen LogP contribution in [0.5, 0.6) is 0 Å². The van der Waals surface area contributed by atoms with Crippen LogP contribution in [0.2, 0.25) is 0 Å². The first kappa shape index (κ1) is 15.4. The minimum atomic E-state index is -0.924. The number of pyridine rings is 1. The zero-order chi connectivity index (χ0) is 15.9. The van der Waals surface area contributed by atoms with E-state index in [9.17, 15) is 14.3 Å². The molecule has 1 unspecified atom stereocenters. The molecule has 1 aromatic heterocycles. The highest BCUT2D eigenvalue weighted by Crippen LogP contribution is 2.33. The van der Waals surface area contributed by atoms with Crippen LogP contribution >= 0.6 is 0 Å². The highest BCUT2D eigenvalue weighted by Gasteiger charge is 2.23. The molecule has 21 heavy (non-hydrogen) atoms. The number of aliphatic carboxylic acids is 1. The smallest absolute Gasteiger partial charge is 0.310 e. The Hall–Kier alpha value is -1.97. The number of aromatic nitrogens is 1. The Bertz CT molecular complexity index is 717. The number of carbonyl (C=O) groups is 1. The van der Waals surface area contributed by atoms with Gasteiger partial charge in [-0.15, -0.1) is 0 Å². The predicted molar refractivity (Wildman–Crippen MR) is 81.2 cm³/mol. The number of carboxylic acids is 1. The number of halogens is 1. The Labute approximate surface area is 123 Å². The molecule has 1 N–H and O–H groups in total. The van der Waals surface area contributed by atoms with E-state index in [0.29, 0.717) is 10.9 Å². The first-order valence-electron chi connectivity index (χ1n) is 6.95. The maximum Gasteiger partial charge on any atom is 0.310 e. The lowest BCUT2D eigenvalue weighted by Crippen LogP contribution is -2.14. The molecule has 0 aliphatic rings. The minimum absolute atomic E-state index is 0.220. The lowest BCUT2D eigenvalue weighted by Gasteiger charge is -2.21. The van der Waals surface area contributed by atoms with Crippen molar-refractivity contribution < 1.29 is 14.3 Å². The number of rotatable bonds is 2. The lowest BCUT2D eigenvalue weighted by molar-refractivity contribution is -0.138. The zero-order valence-corrected chi connectivity index (χ0v) is 13.0. The Morgan fingerprint density at radius 3 is 2.48 bits per heavy atom. The van der Waals surface area contributed by atoms with Crippen LogP contribution in [0.15, 0.2) is 18.3 Å². The van der Waals surface area contributed by atoms with Gasteiger partial charge in [0.1, 0.15) is 11.3 Å². The van der Waals surface area contributed by atoms with Crippen LogP contribution in [-0.2, 0) is 10.2 Å². The normalized spacial score (nSPS) is 13.4. The second kappa shape index (κ2) is 5.10. The van der Waals surface area contributed by atoms with Crippen LogP contribution in [-0.4, -0.2) is 16.1 Å². The molecule has 4 heteroatoms. The third kappa shape index (κ3) is 2.75. The molecule has 0 bridgehead atoms. The molecule has 1 aromatic carbocycles. The summed E-state index contributed by atoms with van der Waals surface area (Å²) in [4.78, 5) is 15.5. The summed E-state index contributed by atoms with van der Waals surface area (Å²) in [7, 11) is 0. The summed E-state index contributed by atoms with van der Waals surface area (Å²) in [5.74, 6) is -2.03. The quantitative estimate of drug-likeness (QED) is 0.902. The molecule has 2 aromatic rings. The number of fused-ring (bicyclic) bond motifs is 1. The van der Waals surface area contributed by atoms with Crippen LogP contribution in [0.25, 0.3) is 10.9 Å². The van der Waals surface area contributed by atoms with E-state index in [1.807, 2.05) is 33.8 Å². The van der Waals surface area contributed by atoms with Crippen molar-refractivity contribution in [3.05, 3.63) is 40.8 Å². The molecule has 0 amide bonds.